The highest BCUT2D eigenvalue weighted by molar-refractivity contribution is 5.94. The van der Waals surface area contributed by atoms with E-state index in [1.54, 1.807) is 0 Å². The molecule has 1 aliphatic heterocycles. The molecule has 5 nitrogen and oxygen atoms in total. The minimum atomic E-state index is -0.823. The van der Waals surface area contributed by atoms with Gasteiger partial charge in [-0.3, -0.25) is 4.90 Å². The maximum Gasteiger partial charge on any atom is 0.369 e. The molecule has 1 heterocycles. The Labute approximate surface area is 146 Å². The molecule has 0 saturated heterocycles. The second-order valence-corrected chi connectivity index (χ2v) is 6.33. The highest BCUT2D eigenvalue weighted by atomic mass is 16.5. The van der Waals surface area contributed by atoms with E-state index >= 15 is 0 Å². The zero-order chi connectivity index (χ0) is 17.8. The van der Waals surface area contributed by atoms with Gasteiger partial charge in [0.1, 0.15) is 6.23 Å². The normalized spacial score (nSPS) is 15.7. The van der Waals surface area contributed by atoms with Crippen LogP contribution in [0.2, 0.25) is 0 Å². The van der Waals surface area contributed by atoms with E-state index in [2.05, 4.69) is 25.8 Å². The van der Waals surface area contributed by atoms with Crippen molar-refractivity contribution in [1.82, 2.24) is 4.90 Å². The van der Waals surface area contributed by atoms with Gasteiger partial charge in [0.25, 0.3) is 0 Å². The fourth-order valence-electron chi connectivity index (χ4n) is 2.79. The molecule has 0 saturated carbocycles. The summed E-state index contributed by atoms with van der Waals surface area (Å²) < 4.78 is 7.84. The third-order valence-electron chi connectivity index (χ3n) is 4.30. The molecular formula is C19H33N2O3+. The smallest absolute Gasteiger partial charge is 0.369 e. The molecule has 1 rings (SSSR count). The number of nitrogens with zero attached hydrogens (tertiary/aromatic N) is 2. The van der Waals surface area contributed by atoms with E-state index in [9.17, 15) is 4.79 Å². The third kappa shape index (κ3) is 7.83. The molecule has 0 bridgehead atoms. The van der Waals surface area contributed by atoms with E-state index in [0.717, 1.165) is 25.2 Å². The van der Waals surface area contributed by atoms with Crippen LogP contribution in [0.1, 0.15) is 65.7 Å². The maximum atomic E-state index is 10.9. The average molecular weight is 337 g/mol. The molecule has 0 aromatic rings. The van der Waals surface area contributed by atoms with Gasteiger partial charge in [-0.15, -0.1) is 0 Å². The Morgan fingerprint density at radius 3 is 2.67 bits per heavy atom. The molecule has 0 spiro atoms. The Kier molecular flexibility index (Phi) is 10.2. The Hall–Kier alpha value is -1.54. The van der Waals surface area contributed by atoms with Gasteiger partial charge in [-0.25, -0.2) is 9.37 Å². The third-order valence-corrected chi connectivity index (χ3v) is 4.30. The summed E-state index contributed by atoms with van der Waals surface area (Å²) in [6, 6.07) is 3.14. The van der Waals surface area contributed by atoms with Gasteiger partial charge in [0.2, 0.25) is 12.3 Å². The van der Waals surface area contributed by atoms with E-state index in [1.165, 1.54) is 32.1 Å². The Balaban J connectivity index is 2.39. The van der Waals surface area contributed by atoms with Gasteiger partial charge < -0.3 is 9.84 Å². The molecule has 0 radical (unpaired) electrons. The zero-order valence-electron chi connectivity index (χ0n) is 15.5. The standard InChI is InChI=1S/C19H32N2O3/c1-4-6-7-8-9-10-15-24-18(5-2)20-12-11-17(3)21(14-13-20)16-19(22)23/h18H,4-10,13-16H2,1-3H3/p+1. The van der Waals surface area contributed by atoms with Crippen molar-refractivity contribution in [3.05, 3.63) is 0 Å². The van der Waals surface area contributed by atoms with Crippen LogP contribution in [0.5, 0.6) is 0 Å². The highest BCUT2D eigenvalue weighted by Crippen LogP contribution is 2.10. The number of hydrogen-bond donors (Lipinski definition) is 1. The van der Waals surface area contributed by atoms with Crippen molar-refractivity contribution in [2.45, 2.75) is 71.9 Å². The predicted octanol–water partition coefficient (Wildman–Crippen LogP) is 2.93. The molecule has 1 unspecified atom stereocenters. The molecule has 24 heavy (non-hydrogen) atoms. The fourth-order valence-corrected chi connectivity index (χ4v) is 2.79. The van der Waals surface area contributed by atoms with Crippen LogP contribution in [0.4, 0.5) is 0 Å². The molecule has 1 atom stereocenters. The molecule has 1 aliphatic rings. The van der Waals surface area contributed by atoms with Crippen LogP contribution < -0.4 is 0 Å². The lowest BCUT2D eigenvalue weighted by Gasteiger charge is -2.26. The summed E-state index contributed by atoms with van der Waals surface area (Å²) in [5, 5.41) is 8.98. The van der Waals surface area contributed by atoms with E-state index in [4.69, 9.17) is 9.84 Å². The van der Waals surface area contributed by atoms with Crippen LogP contribution in [0.25, 0.3) is 0 Å². The van der Waals surface area contributed by atoms with Crippen molar-refractivity contribution in [2.24, 2.45) is 0 Å². The van der Waals surface area contributed by atoms with Crippen molar-refractivity contribution in [1.29, 1.82) is 0 Å². The van der Waals surface area contributed by atoms with Crippen LogP contribution in [-0.4, -0.2) is 58.7 Å². The van der Waals surface area contributed by atoms with Crippen molar-refractivity contribution < 1.29 is 19.2 Å². The molecule has 0 aromatic heterocycles. The Morgan fingerprint density at radius 2 is 2.00 bits per heavy atom. The lowest BCUT2D eigenvalue weighted by atomic mass is 10.1. The summed E-state index contributed by atoms with van der Waals surface area (Å²) in [5.41, 5.74) is 0.811. The number of ether oxygens (including phenoxy) is 1. The van der Waals surface area contributed by atoms with Crippen molar-refractivity contribution in [3.8, 4) is 12.0 Å². The molecular weight excluding hydrogens is 304 g/mol. The van der Waals surface area contributed by atoms with Gasteiger partial charge in [-0.05, 0) is 12.8 Å². The van der Waals surface area contributed by atoms with Gasteiger partial charge in [-0.2, -0.15) is 0 Å². The monoisotopic (exact) mass is 337 g/mol. The van der Waals surface area contributed by atoms with Gasteiger partial charge in [0, 0.05) is 25.5 Å². The molecule has 0 amide bonds. The topological polar surface area (TPSA) is 52.8 Å². The SMILES string of the molecule is CCCCCCCCOC(CC)N1C#CC(C)=[N+](CC(=O)O)CC1. The lowest BCUT2D eigenvalue weighted by molar-refractivity contribution is -0.517. The van der Waals surface area contributed by atoms with Crippen LogP contribution in [0.15, 0.2) is 0 Å². The van der Waals surface area contributed by atoms with Gasteiger partial charge in [0.05, 0.1) is 6.54 Å². The van der Waals surface area contributed by atoms with E-state index < -0.39 is 5.97 Å². The number of unbranched alkanes of at least 4 members (excludes halogenated alkanes) is 5. The fraction of sp³-hybridized carbons (Fsp3) is 0.789. The summed E-state index contributed by atoms with van der Waals surface area (Å²) >= 11 is 0. The number of hydrogen-bond acceptors (Lipinski definition) is 3. The Morgan fingerprint density at radius 1 is 1.29 bits per heavy atom. The van der Waals surface area contributed by atoms with Gasteiger partial charge >= 0.3 is 5.97 Å². The number of carbonyl (C=O) groups is 1. The van der Waals surface area contributed by atoms with Crippen LogP contribution >= 0.6 is 0 Å². The predicted molar refractivity (Wildman–Crippen MR) is 96.2 cm³/mol. The minimum absolute atomic E-state index is 0.00373. The maximum absolute atomic E-state index is 10.9. The number of carboxylic acid groups (broad SMARTS) is 1. The molecule has 0 aliphatic carbocycles. The van der Waals surface area contributed by atoms with E-state index in [0.29, 0.717) is 13.1 Å². The van der Waals surface area contributed by atoms with Crippen molar-refractivity contribution in [3.63, 3.8) is 0 Å². The van der Waals surface area contributed by atoms with E-state index in [1.807, 2.05) is 16.4 Å². The quantitative estimate of drug-likeness (QED) is 0.338. The summed E-state index contributed by atoms with van der Waals surface area (Å²) in [6.45, 7) is 8.32. The highest BCUT2D eigenvalue weighted by Gasteiger charge is 2.22. The lowest BCUT2D eigenvalue weighted by Crippen LogP contribution is -2.37. The summed E-state index contributed by atoms with van der Waals surface area (Å²) in [6.07, 6.45) is 8.39. The van der Waals surface area contributed by atoms with Gasteiger partial charge in [0.15, 0.2) is 6.54 Å². The van der Waals surface area contributed by atoms with E-state index in [-0.39, 0.29) is 12.8 Å². The summed E-state index contributed by atoms with van der Waals surface area (Å²) in [5.74, 6) is 2.24. The molecule has 5 heteroatoms. The van der Waals surface area contributed by atoms with Crippen LogP contribution in [-0.2, 0) is 9.53 Å². The number of rotatable bonds is 12. The van der Waals surface area contributed by atoms with Crippen LogP contribution in [0, 0.1) is 12.0 Å². The van der Waals surface area contributed by atoms with Crippen molar-refractivity contribution in [2.75, 3.05) is 26.2 Å². The minimum Gasteiger partial charge on any atom is -0.477 e. The van der Waals surface area contributed by atoms with Crippen LogP contribution in [0.3, 0.4) is 0 Å². The van der Waals surface area contributed by atoms with Gasteiger partial charge in [-0.1, -0.05) is 46.0 Å². The molecule has 1 N–H and O–H groups in total. The number of carboxylic acids is 1. The first-order valence-electron chi connectivity index (χ1n) is 9.28. The Bertz CT molecular complexity index is 477. The molecule has 0 aromatic carbocycles. The summed E-state index contributed by atoms with van der Waals surface area (Å²) in [7, 11) is 0. The first-order chi connectivity index (χ1) is 11.6. The first-order valence-corrected chi connectivity index (χ1v) is 9.28. The molecule has 136 valence electrons. The number of aliphatic carboxylic acids is 1. The first kappa shape index (κ1) is 20.5. The largest absolute Gasteiger partial charge is 0.477 e. The average Bonchev–Trinajstić information content (AvgIpc) is 2.73. The summed E-state index contributed by atoms with van der Waals surface area (Å²) in [4.78, 5) is 12.9. The second kappa shape index (κ2) is 11.9. The zero-order valence-corrected chi connectivity index (χ0v) is 15.5. The second-order valence-electron chi connectivity index (χ2n) is 6.33. The van der Waals surface area contributed by atoms with Crippen molar-refractivity contribution >= 4 is 11.7 Å². The molecule has 0 fully saturated rings.